The van der Waals surface area contributed by atoms with E-state index in [1.54, 1.807) is 0 Å². The maximum Gasteiger partial charge on any atom is 0.417 e. The van der Waals surface area contributed by atoms with Gasteiger partial charge in [-0.3, -0.25) is 14.6 Å². The van der Waals surface area contributed by atoms with Crippen LogP contribution in [-0.2, 0) is 19.0 Å². The summed E-state index contributed by atoms with van der Waals surface area (Å²) in [4.78, 5) is 38.1. The lowest BCUT2D eigenvalue weighted by Crippen LogP contribution is -2.50. The van der Waals surface area contributed by atoms with Crippen LogP contribution in [0.3, 0.4) is 0 Å². The topological polar surface area (TPSA) is 85.4 Å². The Balaban J connectivity index is 2.24. The highest BCUT2D eigenvalue weighted by Crippen LogP contribution is 2.29. The number of hydrogen-bond donors (Lipinski definition) is 0. The molecule has 0 fully saturated rings. The van der Waals surface area contributed by atoms with Crippen molar-refractivity contribution in [2.45, 2.75) is 31.1 Å². The zero-order chi connectivity index (χ0) is 17.1. The first-order valence-corrected chi connectivity index (χ1v) is 7.50. The fourth-order valence-corrected chi connectivity index (χ4v) is 2.26. The maximum atomic E-state index is 12.1. The molecule has 126 valence electrons. The van der Waals surface area contributed by atoms with Gasteiger partial charge in [-0.25, -0.2) is 9.59 Å². The highest BCUT2D eigenvalue weighted by Gasteiger charge is 2.46. The molecular weight excluding hydrogens is 351 g/mol. The van der Waals surface area contributed by atoms with Gasteiger partial charge < -0.3 is 14.2 Å². The van der Waals surface area contributed by atoms with Crippen LogP contribution in [0.5, 0.6) is 0 Å². The van der Waals surface area contributed by atoms with E-state index in [0.29, 0.717) is 0 Å². The number of ether oxygens (including phenoxy) is 3. The van der Waals surface area contributed by atoms with Gasteiger partial charge in [0.05, 0.1) is 6.26 Å². The van der Waals surface area contributed by atoms with Crippen LogP contribution < -0.4 is 0 Å². The Hall–Kier alpha value is -1.93. The standard InChI is InChI=1S/C13H14Cl2N2O6/c1-7(14)22-12(19)16-4-5-17(13(20)23-8(2)15)10(16)9-3-6-21-11(9)18/h3-10H,1-2H3. The van der Waals surface area contributed by atoms with Crippen molar-refractivity contribution < 1.29 is 28.6 Å². The summed E-state index contributed by atoms with van der Waals surface area (Å²) in [5.41, 5.74) is -1.77. The van der Waals surface area contributed by atoms with Gasteiger partial charge in [0.25, 0.3) is 0 Å². The van der Waals surface area contributed by atoms with Gasteiger partial charge in [-0.15, -0.1) is 0 Å². The molecule has 2 amide bonds. The predicted molar refractivity (Wildman–Crippen MR) is 78.9 cm³/mol. The molecule has 3 unspecified atom stereocenters. The third-order valence-corrected chi connectivity index (χ3v) is 3.15. The zero-order valence-electron chi connectivity index (χ0n) is 12.2. The van der Waals surface area contributed by atoms with Gasteiger partial charge >= 0.3 is 18.2 Å². The molecule has 0 aromatic rings. The van der Waals surface area contributed by atoms with Crippen LogP contribution in [0.2, 0.25) is 0 Å². The second-order valence-electron chi connectivity index (χ2n) is 4.67. The number of hydrogen-bond acceptors (Lipinski definition) is 6. The van der Waals surface area contributed by atoms with E-state index in [1.165, 1.54) is 38.6 Å². The van der Waals surface area contributed by atoms with Crippen molar-refractivity contribution in [1.82, 2.24) is 9.80 Å². The van der Waals surface area contributed by atoms with E-state index >= 15 is 0 Å². The second-order valence-corrected chi connectivity index (χ2v) is 5.90. The molecule has 2 heterocycles. The molecule has 0 saturated carbocycles. The number of halogens is 2. The van der Waals surface area contributed by atoms with Crippen LogP contribution >= 0.6 is 23.2 Å². The average Bonchev–Trinajstić information content (AvgIpc) is 3.02. The lowest BCUT2D eigenvalue weighted by atomic mass is 10.1. The maximum absolute atomic E-state index is 12.1. The lowest BCUT2D eigenvalue weighted by Gasteiger charge is -2.31. The van der Waals surface area contributed by atoms with Gasteiger partial charge in [0, 0.05) is 12.4 Å². The number of carbonyl (C=O) groups is 3. The Kier molecular flexibility index (Phi) is 5.38. The molecule has 23 heavy (non-hydrogen) atoms. The first-order chi connectivity index (χ1) is 10.8. The van der Waals surface area contributed by atoms with Crippen molar-refractivity contribution in [2.24, 2.45) is 5.92 Å². The fourth-order valence-electron chi connectivity index (χ4n) is 2.11. The molecule has 0 aliphatic carbocycles. The minimum absolute atomic E-state index is 0.618. The molecule has 0 aromatic heterocycles. The largest absolute Gasteiger partial charge is 0.434 e. The SMILES string of the molecule is CC(Cl)OC(=O)N1C=CN(C(=O)OC(C)Cl)C1C1C=COC1=O. The summed E-state index contributed by atoms with van der Waals surface area (Å²) in [7, 11) is 0. The Labute approximate surface area is 142 Å². The van der Waals surface area contributed by atoms with E-state index in [-0.39, 0.29) is 0 Å². The molecule has 2 aliphatic heterocycles. The van der Waals surface area contributed by atoms with Crippen molar-refractivity contribution in [3.63, 3.8) is 0 Å². The highest BCUT2D eigenvalue weighted by molar-refractivity contribution is 6.20. The molecule has 0 radical (unpaired) electrons. The summed E-state index contributed by atoms with van der Waals surface area (Å²) in [5.74, 6) is -1.52. The van der Waals surface area contributed by atoms with E-state index in [2.05, 4.69) is 0 Å². The number of rotatable bonds is 3. The lowest BCUT2D eigenvalue weighted by molar-refractivity contribution is -0.141. The third-order valence-electron chi connectivity index (χ3n) is 2.97. The van der Waals surface area contributed by atoms with Crippen molar-refractivity contribution in [2.75, 3.05) is 0 Å². The quantitative estimate of drug-likeness (QED) is 0.434. The van der Waals surface area contributed by atoms with Crippen molar-refractivity contribution in [1.29, 1.82) is 0 Å². The summed E-state index contributed by atoms with van der Waals surface area (Å²) < 4.78 is 14.5. The summed E-state index contributed by atoms with van der Waals surface area (Å²) in [5, 5.41) is 0. The molecule has 3 atom stereocenters. The molecule has 8 nitrogen and oxygen atoms in total. The molecule has 0 saturated heterocycles. The van der Waals surface area contributed by atoms with Gasteiger partial charge in [0.2, 0.25) is 0 Å². The van der Waals surface area contributed by atoms with Gasteiger partial charge in [0.1, 0.15) is 12.1 Å². The molecule has 2 aliphatic rings. The Morgan fingerprint density at radius 1 is 1.13 bits per heavy atom. The van der Waals surface area contributed by atoms with Gasteiger partial charge in [-0.1, -0.05) is 23.2 Å². The predicted octanol–water partition coefficient (Wildman–Crippen LogP) is 2.53. The van der Waals surface area contributed by atoms with E-state index in [0.717, 1.165) is 9.80 Å². The van der Waals surface area contributed by atoms with Gasteiger partial charge in [-0.05, 0) is 19.9 Å². The zero-order valence-corrected chi connectivity index (χ0v) is 13.7. The summed E-state index contributed by atoms with van der Waals surface area (Å²) in [6.07, 6.45) is 2.50. The third kappa shape index (κ3) is 3.89. The normalized spacial score (nSPS) is 25.3. The Bertz CT molecular complexity index is 531. The van der Waals surface area contributed by atoms with Crippen molar-refractivity contribution >= 4 is 41.4 Å². The number of alkyl halides is 2. The molecule has 10 heteroatoms. The van der Waals surface area contributed by atoms with Gasteiger partial charge in [0.15, 0.2) is 11.1 Å². The smallest absolute Gasteiger partial charge is 0.417 e. The summed E-state index contributed by atoms with van der Waals surface area (Å²) >= 11 is 11.3. The molecule has 2 rings (SSSR count). The van der Waals surface area contributed by atoms with Crippen LogP contribution in [0.15, 0.2) is 24.7 Å². The molecule has 0 N–H and O–H groups in total. The summed E-state index contributed by atoms with van der Waals surface area (Å²) in [6, 6.07) is 0. The van der Waals surface area contributed by atoms with Crippen LogP contribution in [0.25, 0.3) is 0 Å². The Morgan fingerprint density at radius 2 is 1.61 bits per heavy atom. The number of nitrogens with zero attached hydrogens (tertiary/aromatic N) is 2. The number of carbonyl (C=O) groups excluding carboxylic acids is 3. The van der Waals surface area contributed by atoms with Crippen LogP contribution in [0.4, 0.5) is 9.59 Å². The van der Waals surface area contributed by atoms with Crippen LogP contribution in [-0.4, -0.2) is 45.2 Å². The van der Waals surface area contributed by atoms with Crippen LogP contribution in [0.1, 0.15) is 13.8 Å². The number of amides is 2. The highest BCUT2D eigenvalue weighted by atomic mass is 35.5. The Morgan fingerprint density at radius 3 is 1.96 bits per heavy atom. The van der Waals surface area contributed by atoms with E-state index < -0.39 is 41.4 Å². The van der Waals surface area contributed by atoms with E-state index in [9.17, 15) is 14.4 Å². The van der Waals surface area contributed by atoms with Gasteiger partial charge in [-0.2, -0.15) is 0 Å². The molecule has 0 aromatic carbocycles. The second kappa shape index (κ2) is 7.10. The molecular formula is C13H14Cl2N2O6. The average molecular weight is 365 g/mol. The number of cyclic esters (lactones) is 1. The first kappa shape index (κ1) is 17.4. The van der Waals surface area contributed by atoms with Crippen molar-refractivity contribution in [3.05, 3.63) is 24.7 Å². The minimum Gasteiger partial charge on any atom is -0.434 e. The first-order valence-electron chi connectivity index (χ1n) is 6.63. The number of esters is 1. The van der Waals surface area contributed by atoms with E-state index in [4.69, 9.17) is 37.4 Å². The molecule has 0 spiro atoms. The molecule has 0 bridgehead atoms. The van der Waals surface area contributed by atoms with E-state index in [1.807, 2.05) is 0 Å². The fraction of sp³-hybridized carbons (Fsp3) is 0.462. The van der Waals surface area contributed by atoms with Crippen LogP contribution in [0, 0.1) is 5.92 Å². The summed E-state index contributed by atoms with van der Waals surface area (Å²) in [6.45, 7) is 2.92. The monoisotopic (exact) mass is 364 g/mol. The minimum atomic E-state index is -1.04. The van der Waals surface area contributed by atoms with Crippen molar-refractivity contribution in [3.8, 4) is 0 Å².